The lowest BCUT2D eigenvalue weighted by Crippen LogP contribution is -2.48. The van der Waals surface area contributed by atoms with E-state index in [9.17, 15) is 14.7 Å². The predicted octanol–water partition coefficient (Wildman–Crippen LogP) is 3.03. The minimum atomic E-state index is -0.999. The lowest BCUT2D eigenvalue weighted by Gasteiger charge is -2.31. The fraction of sp³-hybridized carbons (Fsp3) is 0.783. The SMILES string of the molecule is COC(=O)[C@H](Cc1cn(CCC2CCCCC2)cn1)NCC[C@H]1COC(C)(C)N1C(=O)O. The average Bonchev–Trinajstić information content (AvgIpc) is 3.34. The molecule has 3 rings (SSSR count). The molecule has 1 saturated heterocycles. The summed E-state index contributed by atoms with van der Waals surface area (Å²) in [4.78, 5) is 29.8. The molecule has 1 aliphatic heterocycles. The Bertz CT molecular complexity index is 759. The number of nitrogens with zero attached hydrogens (tertiary/aromatic N) is 3. The number of amides is 1. The smallest absolute Gasteiger partial charge is 0.409 e. The van der Waals surface area contributed by atoms with Crippen molar-refractivity contribution in [3.63, 3.8) is 0 Å². The van der Waals surface area contributed by atoms with Crippen LogP contribution in [0.1, 0.15) is 64.5 Å². The Labute approximate surface area is 190 Å². The van der Waals surface area contributed by atoms with E-state index in [-0.39, 0.29) is 12.0 Å². The van der Waals surface area contributed by atoms with Crippen molar-refractivity contribution in [3.8, 4) is 0 Å². The Morgan fingerprint density at radius 1 is 1.31 bits per heavy atom. The Balaban J connectivity index is 1.49. The number of aromatic nitrogens is 2. The molecule has 1 saturated carbocycles. The highest BCUT2D eigenvalue weighted by atomic mass is 16.5. The van der Waals surface area contributed by atoms with Gasteiger partial charge in [-0.05, 0) is 39.2 Å². The summed E-state index contributed by atoms with van der Waals surface area (Å²) < 4.78 is 12.7. The molecule has 0 spiro atoms. The first-order chi connectivity index (χ1) is 15.3. The maximum atomic E-state index is 12.3. The van der Waals surface area contributed by atoms with Gasteiger partial charge in [0.05, 0.1) is 31.8 Å². The van der Waals surface area contributed by atoms with E-state index in [4.69, 9.17) is 9.47 Å². The van der Waals surface area contributed by atoms with Crippen LogP contribution in [-0.2, 0) is 27.2 Å². The monoisotopic (exact) mass is 450 g/mol. The van der Waals surface area contributed by atoms with E-state index >= 15 is 0 Å². The summed E-state index contributed by atoms with van der Waals surface area (Å²) in [5.41, 5.74) is -0.00283. The van der Waals surface area contributed by atoms with Gasteiger partial charge in [-0.15, -0.1) is 0 Å². The van der Waals surface area contributed by atoms with E-state index < -0.39 is 17.9 Å². The van der Waals surface area contributed by atoms with Crippen LogP contribution in [0, 0.1) is 5.92 Å². The number of carbonyl (C=O) groups excluding carboxylic acids is 1. The van der Waals surface area contributed by atoms with Crippen molar-refractivity contribution in [2.75, 3.05) is 20.3 Å². The first-order valence-corrected chi connectivity index (χ1v) is 11.8. The second-order valence-corrected chi connectivity index (χ2v) is 9.48. The van der Waals surface area contributed by atoms with Gasteiger partial charge in [0.2, 0.25) is 0 Å². The number of esters is 1. The number of aryl methyl sites for hydroxylation is 1. The maximum absolute atomic E-state index is 12.3. The lowest BCUT2D eigenvalue weighted by molar-refractivity contribution is -0.143. The van der Waals surface area contributed by atoms with E-state index in [1.54, 1.807) is 13.8 Å². The summed E-state index contributed by atoms with van der Waals surface area (Å²) >= 11 is 0. The molecule has 2 N–H and O–H groups in total. The summed E-state index contributed by atoms with van der Waals surface area (Å²) in [5.74, 6) is 0.467. The van der Waals surface area contributed by atoms with Gasteiger partial charge in [0.15, 0.2) is 0 Å². The molecule has 0 aromatic carbocycles. The van der Waals surface area contributed by atoms with Crippen LogP contribution in [0.5, 0.6) is 0 Å². The van der Waals surface area contributed by atoms with Crippen LogP contribution in [0.2, 0.25) is 0 Å². The van der Waals surface area contributed by atoms with Crippen LogP contribution in [0.25, 0.3) is 0 Å². The highest BCUT2D eigenvalue weighted by Crippen LogP contribution is 2.29. The molecule has 2 atom stereocenters. The van der Waals surface area contributed by atoms with Crippen LogP contribution in [-0.4, -0.2) is 69.7 Å². The Morgan fingerprint density at radius 3 is 2.75 bits per heavy atom. The number of hydrogen-bond acceptors (Lipinski definition) is 6. The van der Waals surface area contributed by atoms with E-state index in [1.807, 2.05) is 12.5 Å². The number of carboxylic acid groups (broad SMARTS) is 1. The summed E-state index contributed by atoms with van der Waals surface area (Å²) in [7, 11) is 1.37. The Morgan fingerprint density at radius 2 is 2.06 bits per heavy atom. The van der Waals surface area contributed by atoms with Crippen molar-refractivity contribution in [1.29, 1.82) is 0 Å². The van der Waals surface area contributed by atoms with Crippen LogP contribution in [0.3, 0.4) is 0 Å². The zero-order valence-electron chi connectivity index (χ0n) is 19.6. The fourth-order valence-corrected chi connectivity index (χ4v) is 4.94. The van der Waals surface area contributed by atoms with Gasteiger partial charge < -0.3 is 24.5 Å². The molecule has 1 aromatic rings. The Hall–Kier alpha value is -2.13. The third kappa shape index (κ3) is 6.45. The van der Waals surface area contributed by atoms with Gasteiger partial charge in [-0.2, -0.15) is 0 Å². The van der Waals surface area contributed by atoms with Crippen molar-refractivity contribution in [2.24, 2.45) is 5.92 Å². The number of ether oxygens (including phenoxy) is 2. The first kappa shape index (κ1) is 24.5. The highest BCUT2D eigenvalue weighted by Gasteiger charge is 2.43. The molecule has 0 radical (unpaired) electrons. The van der Waals surface area contributed by atoms with Crippen molar-refractivity contribution < 1.29 is 24.2 Å². The normalized spacial score (nSPS) is 22.1. The van der Waals surface area contributed by atoms with E-state index in [0.29, 0.717) is 26.0 Å². The zero-order chi connectivity index (χ0) is 23.1. The molecule has 2 aliphatic rings. The average molecular weight is 451 g/mol. The second kappa shape index (κ2) is 11.1. The van der Waals surface area contributed by atoms with Crippen molar-refractivity contribution in [1.82, 2.24) is 19.8 Å². The minimum Gasteiger partial charge on any atom is -0.468 e. The number of imidazole rings is 1. The summed E-state index contributed by atoms with van der Waals surface area (Å²) in [6.45, 7) is 5.26. The lowest BCUT2D eigenvalue weighted by atomic mass is 9.87. The van der Waals surface area contributed by atoms with Gasteiger partial charge in [-0.1, -0.05) is 32.1 Å². The second-order valence-electron chi connectivity index (χ2n) is 9.48. The molecule has 0 unspecified atom stereocenters. The minimum absolute atomic E-state index is 0.257. The van der Waals surface area contributed by atoms with Crippen LogP contribution >= 0.6 is 0 Å². The third-order valence-corrected chi connectivity index (χ3v) is 6.75. The molecule has 1 aromatic heterocycles. The summed E-state index contributed by atoms with van der Waals surface area (Å²) in [6.07, 6.45) is 11.7. The number of hydrogen-bond donors (Lipinski definition) is 2. The molecule has 2 fully saturated rings. The van der Waals surface area contributed by atoms with Gasteiger partial charge >= 0.3 is 12.1 Å². The van der Waals surface area contributed by atoms with Gasteiger partial charge in [-0.3, -0.25) is 9.69 Å². The van der Waals surface area contributed by atoms with Gasteiger partial charge in [-0.25, -0.2) is 9.78 Å². The maximum Gasteiger partial charge on any atom is 0.409 e. The number of methoxy groups -OCH3 is 1. The van der Waals surface area contributed by atoms with Crippen LogP contribution in [0.15, 0.2) is 12.5 Å². The predicted molar refractivity (Wildman–Crippen MR) is 119 cm³/mol. The van der Waals surface area contributed by atoms with Gasteiger partial charge in [0, 0.05) is 19.2 Å². The molecule has 1 amide bonds. The number of rotatable bonds is 10. The highest BCUT2D eigenvalue weighted by molar-refractivity contribution is 5.76. The fourth-order valence-electron chi connectivity index (χ4n) is 4.94. The molecule has 32 heavy (non-hydrogen) atoms. The Kier molecular flexibility index (Phi) is 8.53. The standard InChI is InChI=1S/C23H38N4O5/c1-23(2)27(22(29)30)19(15-32-23)9-11-24-20(21(28)31-3)13-18-14-26(16-25-18)12-10-17-7-5-4-6-8-17/h14,16-17,19-20,24H,4-13,15H2,1-3H3,(H,29,30)/t19-,20-/m0/s1. The van der Waals surface area contributed by atoms with Crippen LogP contribution < -0.4 is 5.32 Å². The molecule has 9 heteroatoms. The van der Waals surface area contributed by atoms with Crippen molar-refractivity contribution in [2.45, 2.75) is 89.6 Å². The zero-order valence-corrected chi connectivity index (χ0v) is 19.6. The largest absolute Gasteiger partial charge is 0.468 e. The molecule has 2 heterocycles. The van der Waals surface area contributed by atoms with E-state index in [1.165, 1.54) is 50.5 Å². The summed E-state index contributed by atoms with van der Waals surface area (Å²) in [6, 6.07) is -0.789. The number of carbonyl (C=O) groups is 2. The van der Waals surface area contributed by atoms with Crippen LogP contribution in [0.4, 0.5) is 4.79 Å². The molecule has 9 nitrogen and oxygen atoms in total. The van der Waals surface area contributed by atoms with Gasteiger partial charge in [0.25, 0.3) is 0 Å². The summed E-state index contributed by atoms with van der Waals surface area (Å²) in [5, 5.41) is 12.7. The quantitative estimate of drug-likeness (QED) is 0.528. The first-order valence-electron chi connectivity index (χ1n) is 11.8. The number of nitrogens with one attached hydrogen (secondary N) is 1. The topological polar surface area (TPSA) is 106 Å². The third-order valence-electron chi connectivity index (χ3n) is 6.75. The van der Waals surface area contributed by atoms with E-state index in [2.05, 4.69) is 14.9 Å². The molecular weight excluding hydrogens is 412 g/mol. The van der Waals surface area contributed by atoms with E-state index in [0.717, 1.165) is 18.2 Å². The molecule has 1 aliphatic carbocycles. The molecule has 0 bridgehead atoms. The van der Waals surface area contributed by atoms with Crippen molar-refractivity contribution >= 4 is 12.1 Å². The molecular formula is C23H38N4O5. The van der Waals surface area contributed by atoms with Crippen molar-refractivity contribution in [3.05, 3.63) is 18.2 Å². The molecule has 180 valence electrons. The van der Waals surface area contributed by atoms with Gasteiger partial charge in [0.1, 0.15) is 11.8 Å².